The summed E-state index contributed by atoms with van der Waals surface area (Å²) in [6.45, 7) is 13.2. The van der Waals surface area contributed by atoms with Gasteiger partial charge >= 0.3 is 0 Å². The van der Waals surface area contributed by atoms with Gasteiger partial charge in [-0.1, -0.05) is 36.5 Å². The molecule has 4 aliphatic carbocycles. The highest BCUT2D eigenvalue weighted by molar-refractivity contribution is 5.91. The number of carbonyl (C=O) groups is 1. The summed E-state index contributed by atoms with van der Waals surface area (Å²) in [6.07, 6.45) is 8.65. The molecule has 5 rings (SSSR count). The minimum Gasteiger partial charge on any atom is -0.377 e. The van der Waals surface area contributed by atoms with Crippen LogP contribution in [0.4, 0.5) is 5.69 Å². The monoisotopic (exact) mass is 501 g/mol. The summed E-state index contributed by atoms with van der Waals surface area (Å²) in [4.78, 5) is 14.6. The number of anilines is 1. The van der Waals surface area contributed by atoms with Crippen molar-refractivity contribution >= 4 is 11.5 Å². The molecule has 200 valence electrons. The highest BCUT2D eigenvalue weighted by atomic mass is 16.3. The lowest BCUT2D eigenvalue weighted by molar-refractivity contribution is -0.117. The molecular formula is C34H47NO2. The van der Waals surface area contributed by atoms with Crippen LogP contribution in [0.1, 0.15) is 98.0 Å². The molecule has 0 amide bonds. The molecule has 3 nitrogen and oxygen atoms in total. The highest BCUT2D eigenvalue weighted by Crippen LogP contribution is 2.68. The molecule has 4 aliphatic rings. The van der Waals surface area contributed by atoms with Gasteiger partial charge in [0.05, 0.1) is 0 Å². The predicted octanol–water partition coefficient (Wildman–Crippen LogP) is 7.15. The average Bonchev–Trinajstić information content (AvgIpc) is 3.11. The van der Waals surface area contributed by atoms with E-state index in [1.807, 2.05) is 6.08 Å². The number of allylic oxidation sites excluding steroid dienone is 1. The van der Waals surface area contributed by atoms with Gasteiger partial charge in [0.15, 0.2) is 5.78 Å². The number of hydrogen-bond acceptors (Lipinski definition) is 3. The molecule has 0 spiro atoms. The Hall–Kier alpha value is -2.05. The van der Waals surface area contributed by atoms with Crippen molar-refractivity contribution in [1.82, 2.24) is 0 Å². The maximum absolute atomic E-state index is 12.3. The normalized spacial score (nSPS) is 37.2. The number of hydrogen-bond donors (Lipinski definition) is 1. The molecular weight excluding hydrogens is 454 g/mol. The van der Waals surface area contributed by atoms with Gasteiger partial charge in [-0.3, -0.25) is 4.79 Å². The lowest BCUT2D eigenvalue weighted by Crippen LogP contribution is -2.54. The smallest absolute Gasteiger partial charge is 0.155 e. The molecule has 0 aliphatic heterocycles. The van der Waals surface area contributed by atoms with Crippen LogP contribution in [0.2, 0.25) is 0 Å². The molecule has 0 aromatic heterocycles. The minimum absolute atomic E-state index is 0.127. The number of ketones is 1. The summed E-state index contributed by atoms with van der Waals surface area (Å²) in [5.41, 5.74) is 2.75. The molecule has 0 radical (unpaired) electrons. The maximum Gasteiger partial charge on any atom is 0.155 e. The van der Waals surface area contributed by atoms with E-state index in [1.165, 1.54) is 16.8 Å². The second-order valence-corrected chi connectivity index (χ2v) is 14.1. The quantitative estimate of drug-likeness (QED) is 0.447. The van der Waals surface area contributed by atoms with Crippen LogP contribution in [0.3, 0.4) is 0 Å². The van der Waals surface area contributed by atoms with Crippen molar-refractivity contribution in [1.29, 1.82) is 0 Å². The SMILES string of the molecule is CC(C)N(C)c1ccc(C2C[C@]3(C)C(CC[C@]3(O)C#CC(C)(C)C)C3CCC4=CC(=O)CCC4C23)cc1. The van der Waals surface area contributed by atoms with E-state index in [0.717, 1.165) is 38.5 Å². The predicted molar refractivity (Wildman–Crippen MR) is 152 cm³/mol. The van der Waals surface area contributed by atoms with Gasteiger partial charge in [-0.15, -0.1) is 0 Å². The summed E-state index contributed by atoms with van der Waals surface area (Å²) in [6, 6.07) is 9.71. The van der Waals surface area contributed by atoms with Crippen LogP contribution in [-0.4, -0.2) is 29.6 Å². The summed E-state index contributed by atoms with van der Waals surface area (Å²) in [5, 5.41) is 12.2. The van der Waals surface area contributed by atoms with E-state index in [-0.39, 0.29) is 10.8 Å². The first-order valence-corrected chi connectivity index (χ1v) is 14.7. The zero-order valence-corrected chi connectivity index (χ0v) is 24.1. The Labute approximate surface area is 225 Å². The molecule has 1 aromatic carbocycles. The lowest BCUT2D eigenvalue weighted by atomic mass is 9.46. The number of benzene rings is 1. The van der Waals surface area contributed by atoms with Crippen LogP contribution >= 0.6 is 0 Å². The second kappa shape index (κ2) is 9.30. The standard InChI is InChI=1S/C34H47NO2/c1-22(2)35(7)25-11-8-23(9-12-25)29-21-33(6)30(16-17-34(33,37)19-18-32(3,4)5)28-14-10-24-20-26(36)13-15-27(24)31(28)29/h8-9,11-12,20,22,27-31,37H,10,13-17,21H2,1-7H3/t27?,28?,29?,30?,31?,33-,34+/m1/s1. The first kappa shape index (κ1) is 26.6. The molecule has 3 heteroatoms. The largest absolute Gasteiger partial charge is 0.377 e. The van der Waals surface area contributed by atoms with Crippen molar-refractivity contribution in [2.45, 2.75) is 104 Å². The molecule has 3 saturated carbocycles. The van der Waals surface area contributed by atoms with E-state index in [0.29, 0.717) is 47.8 Å². The second-order valence-electron chi connectivity index (χ2n) is 14.1. The van der Waals surface area contributed by atoms with Gasteiger partial charge in [0.25, 0.3) is 0 Å². The molecule has 1 N–H and O–H groups in total. The third kappa shape index (κ3) is 4.58. The Kier molecular flexibility index (Phi) is 6.68. The molecule has 0 saturated heterocycles. The molecule has 37 heavy (non-hydrogen) atoms. The lowest BCUT2D eigenvalue weighted by Gasteiger charge is -2.58. The van der Waals surface area contributed by atoms with Crippen LogP contribution < -0.4 is 4.90 Å². The molecule has 5 unspecified atom stereocenters. The van der Waals surface area contributed by atoms with Crippen molar-refractivity contribution in [2.75, 3.05) is 11.9 Å². The molecule has 0 bridgehead atoms. The number of carbonyl (C=O) groups excluding carboxylic acids is 1. The van der Waals surface area contributed by atoms with Gasteiger partial charge in [-0.2, -0.15) is 0 Å². The minimum atomic E-state index is -0.940. The van der Waals surface area contributed by atoms with Crippen LogP contribution in [0.5, 0.6) is 0 Å². The molecule has 1 aromatic rings. The van der Waals surface area contributed by atoms with Crippen molar-refractivity contribution < 1.29 is 9.90 Å². The Bertz CT molecular complexity index is 1130. The van der Waals surface area contributed by atoms with Gasteiger partial charge < -0.3 is 10.0 Å². The van der Waals surface area contributed by atoms with E-state index >= 15 is 0 Å². The first-order valence-electron chi connectivity index (χ1n) is 14.7. The fourth-order valence-corrected chi connectivity index (χ4v) is 8.40. The highest BCUT2D eigenvalue weighted by Gasteiger charge is 2.64. The zero-order valence-electron chi connectivity index (χ0n) is 24.1. The maximum atomic E-state index is 12.3. The molecule has 7 atom stereocenters. The topological polar surface area (TPSA) is 40.5 Å². The molecule has 0 heterocycles. The van der Waals surface area contributed by atoms with Crippen molar-refractivity contribution in [3.63, 3.8) is 0 Å². The number of aliphatic hydroxyl groups is 1. The number of rotatable bonds is 3. The van der Waals surface area contributed by atoms with Gasteiger partial charge in [0.2, 0.25) is 0 Å². The van der Waals surface area contributed by atoms with Crippen molar-refractivity contribution in [3.05, 3.63) is 41.5 Å². The third-order valence-corrected chi connectivity index (χ3v) is 10.6. The van der Waals surface area contributed by atoms with E-state index < -0.39 is 5.60 Å². The summed E-state index contributed by atoms with van der Waals surface area (Å²) >= 11 is 0. The van der Waals surface area contributed by atoms with Gasteiger partial charge in [0, 0.05) is 36.0 Å². The fourth-order valence-electron chi connectivity index (χ4n) is 8.40. The zero-order chi connectivity index (χ0) is 26.8. The van der Waals surface area contributed by atoms with Crippen molar-refractivity contribution in [2.24, 2.45) is 34.5 Å². The van der Waals surface area contributed by atoms with Crippen LogP contribution in [0, 0.1) is 46.3 Å². The Morgan fingerprint density at radius 1 is 1.05 bits per heavy atom. The van der Waals surface area contributed by atoms with Crippen molar-refractivity contribution in [3.8, 4) is 11.8 Å². The fraction of sp³-hybridized carbons (Fsp3) is 0.676. The third-order valence-electron chi connectivity index (χ3n) is 10.6. The summed E-state index contributed by atoms with van der Waals surface area (Å²) < 4.78 is 0. The summed E-state index contributed by atoms with van der Waals surface area (Å²) in [7, 11) is 2.16. The van der Waals surface area contributed by atoms with Crippen LogP contribution in [0.15, 0.2) is 35.9 Å². The molecule has 3 fully saturated rings. The van der Waals surface area contributed by atoms with Gasteiger partial charge in [-0.05, 0) is 127 Å². The van der Waals surface area contributed by atoms with E-state index in [2.05, 4.69) is 89.6 Å². The van der Waals surface area contributed by atoms with Crippen LogP contribution in [0.25, 0.3) is 0 Å². The van der Waals surface area contributed by atoms with Gasteiger partial charge in [0.1, 0.15) is 5.60 Å². The average molecular weight is 502 g/mol. The number of fused-ring (bicyclic) bond motifs is 5. The van der Waals surface area contributed by atoms with E-state index in [9.17, 15) is 9.90 Å². The van der Waals surface area contributed by atoms with E-state index in [1.54, 1.807) is 0 Å². The number of nitrogens with zero attached hydrogens (tertiary/aromatic N) is 1. The Morgan fingerprint density at radius 3 is 2.41 bits per heavy atom. The van der Waals surface area contributed by atoms with E-state index in [4.69, 9.17) is 0 Å². The Balaban J connectivity index is 1.57. The summed E-state index contributed by atoms with van der Waals surface area (Å²) in [5.74, 6) is 9.64. The van der Waals surface area contributed by atoms with Gasteiger partial charge in [-0.25, -0.2) is 0 Å². The Morgan fingerprint density at radius 2 is 1.76 bits per heavy atom. The van der Waals surface area contributed by atoms with Crippen LogP contribution in [-0.2, 0) is 4.79 Å². The first-order chi connectivity index (χ1) is 17.3.